The summed E-state index contributed by atoms with van der Waals surface area (Å²) in [7, 11) is -1.99. The van der Waals surface area contributed by atoms with Crippen LogP contribution < -0.4 is 0 Å². The molecule has 1 aliphatic rings. The van der Waals surface area contributed by atoms with Crippen molar-refractivity contribution in [3.8, 4) is 0 Å². The molecule has 1 N–H and O–H groups in total. The molecule has 0 aromatic rings. The summed E-state index contributed by atoms with van der Waals surface area (Å²) in [6.07, 6.45) is -1.16. The van der Waals surface area contributed by atoms with Crippen LogP contribution in [0.5, 0.6) is 0 Å². The standard InChI is InChI=1S/C11H21NO5Si/c1-11(2,3)18(4,5)17-6-8-9(13)16-7-12(8)10(14)15/h8H,6-7H2,1-5H3,(H,14,15)/t8-/m1/s1. The first-order valence-electron chi connectivity index (χ1n) is 5.86. The van der Waals surface area contributed by atoms with Crippen LogP contribution in [0.4, 0.5) is 4.79 Å². The number of amides is 1. The van der Waals surface area contributed by atoms with Gasteiger partial charge in [-0.25, -0.2) is 9.59 Å². The summed E-state index contributed by atoms with van der Waals surface area (Å²) in [5.41, 5.74) is 0. The largest absolute Gasteiger partial charge is 0.465 e. The molecule has 104 valence electrons. The summed E-state index contributed by atoms with van der Waals surface area (Å²) >= 11 is 0. The monoisotopic (exact) mass is 275 g/mol. The van der Waals surface area contributed by atoms with E-state index in [-0.39, 0.29) is 18.4 Å². The molecule has 6 nitrogen and oxygen atoms in total. The van der Waals surface area contributed by atoms with Gasteiger partial charge in [0.05, 0.1) is 6.61 Å². The van der Waals surface area contributed by atoms with E-state index < -0.39 is 26.4 Å². The lowest BCUT2D eigenvalue weighted by atomic mass is 10.2. The third-order valence-corrected chi connectivity index (χ3v) is 8.15. The normalized spacial score (nSPS) is 21.1. The van der Waals surface area contributed by atoms with Gasteiger partial charge in [-0.3, -0.25) is 4.90 Å². The van der Waals surface area contributed by atoms with Gasteiger partial charge in [-0.05, 0) is 18.1 Å². The number of ether oxygens (including phenoxy) is 1. The number of rotatable bonds is 3. The second kappa shape index (κ2) is 4.89. The van der Waals surface area contributed by atoms with Gasteiger partial charge in [-0.1, -0.05) is 20.8 Å². The van der Waals surface area contributed by atoms with Gasteiger partial charge in [0.2, 0.25) is 0 Å². The highest BCUT2D eigenvalue weighted by molar-refractivity contribution is 6.74. The number of esters is 1. The van der Waals surface area contributed by atoms with Crippen molar-refractivity contribution in [3.63, 3.8) is 0 Å². The van der Waals surface area contributed by atoms with Crippen molar-refractivity contribution in [2.75, 3.05) is 13.3 Å². The van der Waals surface area contributed by atoms with E-state index in [0.717, 1.165) is 4.90 Å². The molecule has 1 amide bonds. The lowest BCUT2D eigenvalue weighted by molar-refractivity contribution is -0.139. The molecular weight excluding hydrogens is 254 g/mol. The second-order valence-electron chi connectivity index (χ2n) is 5.93. The molecule has 1 fully saturated rings. The van der Waals surface area contributed by atoms with Crippen LogP contribution >= 0.6 is 0 Å². The van der Waals surface area contributed by atoms with Crippen LogP contribution in [0.1, 0.15) is 20.8 Å². The fourth-order valence-corrected chi connectivity index (χ4v) is 2.30. The van der Waals surface area contributed by atoms with E-state index in [1.807, 2.05) is 0 Å². The molecule has 1 aliphatic heterocycles. The number of carboxylic acid groups (broad SMARTS) is 1. The topological polar surface area (TPSA) is 76.1 Å². The molecule has 7 heteroatoms. The molecule has 0 radical (unpaired) electrons. The van der Waals surface area contributed by atoms with Crippen LogP contribution in [0, 0.1) is 0 Å². The molecule has 0 bridgehead atoms. The predicted molar refractivity (Wildman–Crippen MR) is 67.8 cm³/mol. The summed E-state index contributed by atoms with van der Waals surface area (Å²) in [6.45, 7) is 10.2. The molecule has 0 saturated carbocycles. The molecule has 0 aliphatic carbocycles. The first-order chi connectivity index (χ1) is 8.06. The number of carbonyl (C=O) groups excluding carboxylic acids is 1. The highest BCUT2D eigenvalue weighted by Crippen LogP contribution is 2.36. The Morgan fingerprint density at radius 3 is 2.56 bits per heavy atom. The Hall–Kier alpha value is -1.08. The van der Waals surface area contributed by atoms with Crippen molar-refractivity contribution in [1.82, 2.24) is 4.90 Å². The summed E-state index contributed by atoms with van der Waals surface area (Å²) in [4.78, 5) is 23.4. The SMILES string of the molecule is CC(C)(C)[Si](C)(C)OC[C@@H]1C(=O)OCN1C(=O)O. The molecule has 18 heavy (non-hydrogen) atoms. The Labute approximate surface area is 108 Å². The average molecular weight is 275 g/mol. The second-order valence-corrected chi connectivity index (χ2v) is 10.7. The minimum absolute atomic E-state index is 0.0174. The van der Waals surface area contributed by atoms with Crippen molar-refractivity contribution in [1.29, 1.82) is 0 Å². The highest BCUT2D eigenvalue weighted by Gasteiger charge is 2.42. The maximum Gasteiger partial charge on any atom is 0.410 e. The van der Waals surface area contributed by atoms with Crippen molar-refractivity contribution in [2.24, 2.45) is 0 Å². The van der Waals surface area contributed by atoms with Crippen LogP contribution in [-0.4, -0.2) is 49.8 Å². The van der Waals surface area contributed by atoms with Crippen molar-refractivity contribution >= 4 is 20.4 Å². The molecule has 0 spiro atoms. The van der Waals surface area contributed by atoms with Gasteiger partial charge in [0.15, 0.2) is 21.1 Å². The number of nitrogens with zero attached hydrogens (tertiary/aromatic N) is 1. The molecule has 1 saturated heterocycles. The number of hydrogen-bond acceptors (Lipinski definition) is 4. The lowest BCUT2D eigenvalue weighted by Crippen LogP contribution is -2.47. The zero-order valence-corrected chi connectivity index (χ0v) is 12.5. The number of cyclic esters (lactones) is 1. The van der Waals surface area contributed by atoms with Crippen molar-refractivity contribution in [2.45, 2.75) is 44.9 Å². The third-order valence-electron chi connectivity index (χ3n) is 3.65. The molecule has 1 atom stereocenters. The number of hydrogen-bond donors (Lipinski definition) is 1. The van der Waals surface area contributed by atoms with E-state index in [2.05, 4.69) is 33.9 Å². The zero-order chi connectivity index (χ0) is 14.1. The fraction of sp³-hybridized carbons (Fsp3) is 0.818. The van der Waals surface area contributed by atoms with Gasteiger partial charge in [-0.15, -0.1) is 0 Å². The predicted octanol–water partition coefficient (Wildman–Crippen LogP) is 1.87. The maximum atomic E-state index is 11.5. The van der Waals surface area contributed by atoms with E-state index in [9.17, 15) is 9.59 Å². The van der Waals surface area contributed by atoms with Gasteiger partial charge in [-0.2, -0.15) is 0 Å². The van der Waals surface area contributed by atoms with Gasteiger partial charge in [0, 0.05) is 0 Å². The minimum Gasteiger partial charge on any atom is -0.465 e. The van der Waals surface area contributed by atoms with Crippen LogP contribution in [0.15, 0.2) is 0 Å². The lowest BCUT2D eigenvalue weighted by Gasteiger charge is -2.37. The zero-order valence-electron chi connectivity index (χ0n) is 11.5. The quantitative estimate of drug-likeness (QED) is 0.628. The minimum atomic E-state index is -1.99. The highest BCUT2D eigenvalue weighted by atomic mass is 28.4. The molecule has 0 aromatic heterocycles. The van der Waals surface area contributed by atoms with Crippen molar-refractivity contribution < 1.29 is 23.9 Å². The molecule has 1 heterocycles. The van der Waals surface area contributed by atoms with E-state index >= 15 is 0 Å². The Kier molecular flexibility index (Phi) is 4.07. The Balaban J connectivity index is 2.67. The molecule has 1 rings (SSSR count). The Morgan fingerprint density at radius 2 is 2.11 bits per heavy atom. The summed E-state index contributed by atoms with van der Waals surface area (Å²) < 4.78 is 10.6. The number of carbonyl (C=O) groups is 2. The van der Waals surface area contributed by atoms with Gasteiger partial charge >= 0.3 is 12.1 Å². The van der Waals surface area contributed by atoms with E-state index in [1.54, 1.807) is 0 Å². The van der Waals surface area contributed by atoms with Gasteiger partial charge in [0.1, 0.15) is 0 Å². The van der Waals surface area contributed by atoms with Crippen molar-refractivity contribution in [3.05, 3.63) is 0 Å². The maximum absolute atomic E-state index is 11.5. The summed E-state index contributed by atoms with van der Waals surface area (Å²) in [6, 6.07) is -0.836. The van der Waals surface area contributed by atoms with Crippen LogP contribution in [0.3, 0.4) is 0 Å². The van der Waals surface area contributed by atoms with Crippen LogP contribution in [0.25, 0.3) is 0 Å². The summed E-state index contributed by atoms with van der Waals surface area (Å²) in [5, 5.41) is 8.96. The molecular formula is C11H21NO5Si. The first kappa shape index (κ1) is 15.0. The van der Waals surface area contributed by atoms with Crippen LogP contribution in [0.2, 0.25) is 18.1 Å². The molecule has 0 aromatic carbocycles. The van der Waals surface area contributed by atoms with E-state index in [4.69, 9.17) is 14.3 Å². The van der Waals surface area contributed by atoms with Crippen LogP contribution in [-0.2, 0) is 14.0 Å². The Bertz CT molecular complexity index is 350. The van der Waals surface area contributed by atoms with E-state index in [1.165, 1.54) is 0 Å². The third kappa shape index (κ3) is 3.02. The molecule has 0 unspecified atom stereocenters. The van der Waals surface area contributed by atoms with Gasteiger partial charge < -0.3 is 14.3 Å². The fourth-order valence-electron chi connectivity index (χ4n) is 1.30. The first-order valence-corrected chi connectivity index (χ1v) is 8.77. The summed E-state index contributed by atoms with van der Waals surface area (Å²) in [5.74, 6) is -0.531. The smallest absolute Gasteiger partial charge is 0.410 e. The Morgan fingerprint density at radius 1 is 1.56 bits per heavy atom. The average Bonchev–Trinajstić information content (AvgIpc) is 2.55. The van der Waals surface area contributed by atoms with E-state index in [0.29, 0.717) is 0 Å². The van der Waals surface area contributed by atoms with Gasteiger partial charge in [0.25, 0.3) is 0 Å².